The van der Waals surface area contributed by atoms with E-state index < -0.39 is 11.8 Å². The van der Waals surface area contributed by atoms with Crippen molar-refractivity contribution in [3.05, 3.63) is 0 Å². The molecule has 0 rings (SSSR count). The number of nitriles is 3. The van der Waals surface area contributed by atoms with E-state index >= 15 is 0 Å². The van der Waals surface area contributed by atoms with E-state index in [9.17, 15) is 4.79 Å². The van der Waals surface area contributed by atoms with Crippen LogP contribution in [-0.4, -0.2) is 23.9 Å². The Morgan fingerprint density at radius 3 is 2.07 bits per heavy atom. The Bertz CT molecular complexity index is 301. The highest BCUT2D eigenvalue weighted by molar-refractivity contribution is 5.81. The second-order valence-corrected chi connectivity index (χ2v) is 2.60. The predicted octanol–water partition coefficient (Wildman–Crippen LogP) is 0.412. The first-order valence-electron chi connectivity index (χ1n) is 4.13. The van der Waals surface area contributed by atoms with Gasteiger partial charge in [0.15, 0.2) is 0 Å². The van der Waals surface area contributed by atoms with E-state index in [0.717, 1.165) is 4.90 Å². The maximum absolute atomic E-state index is 11.5. The van der Waals surface area contributed by atoms with E-state index in [4.69, 9.17) is 15.8 Å². The highest BCUT2D eigenvalue weighted by Crippen LogP contribution is 2.05. The maximum Gasteiger partial charge on any atom is 0.241 e. The molecule has 0 aromatic carbocycles. The van der Waals surface area contributed by atoms with Crippen molar-refractivity contribution in [1.29, 1.82) is 15.8 Å². The van der Waals surface area contributed by atoms with Crippen molar-refractivity contribution >= 4 is 5.91 Å². The van der Waals surface area contributed by atoms with E-state index in [2.05, 4.69) is 0 Å². The SMILES string of the molecule is CCC(C#N)C(=O)N(CC#N)CC#N. The quantitative estimate of drug-likeness (QED) is 0.600. The van der Waals surface area contributed by atoms with Crippen LogP contribution in [0.4, 0.5) is 0 Å². The van der Waals surface area contributed by atoms with Crippen LogP contribution in [0.25, 0.3) is 0 Å². The molecule has 0 heterocycles. The Balaban J connectivity index is 4.53. The fourth-order valence-electron chi connectivity index (χ4n) is 0.924. The molecule has 5 heteroatoms. The van der Waals surface area contributed by atoms with Crippen LogP contribution in [0.2, 0.25) is 0 Å². The summed E-state index contributed by atoms with van der Waals surface area (Å²) in [7, 11) is 0. The second-order valence-electron chi connectivity index (χ2n) is 2.60. The topological polar surface area (TPSA) is 91.7 Å². The summed E-state index contributed by atoms with van der Waals surface area (Å²) >= 11 is 0. The largest absolute Gasteiger partial charge is 0.315 e. The molecule has 0 aromatic rings. The van der Waals surface area contributed by atoms with Gasteiger partial charge in [0.2, 0.25) is 5.91 Å². The van der Waals surface area contributed by atoms with Gasteiger partial charge >= 0.3 is 0 Å². The normalized spacial score (nSPS) is 10.4. The molecule has 0 aliphatic carbocycles. The van der Waals surface area contributed by atoms with Gasteiger partial charge in [-0.1, -0.05) is 6.92 Å². The molecule has 0 saturated heterocycles. The number of carbonyl (C=O) groups is 1. The molecule has 0 aromatic heterocycles. The van der Waals surface area contributed by atoms with Gasteiger partial charge in [-0.05, 0) is 6.42 Å². The van der Waals surface area contributed by atoms with Crippen molar-refractivity contribution in [3.63, 3.8) is 0 Å². The van der Waals surface area contributed by atoms with Crippen LogP contribution < -0.4 is 0 Å². The van der Waals surface area contributed by atoms with Crippen molar-refractivity contribution in [2.45, 2.75) is 13.3 Å². The third-order valence-corrected chi connectivity index (χ3v) is 1.70. The van der Waals surface area contributed by atoms with Gasteiger partial charge < -0.3 is 4.90 Å². The van der Waals surface area contributed by atoms with Crippen LogP contribution in [0, 0.1) is 39.9 Å². The monoisotopic (exact) mass is 190 g/mol. The molecule has 0 fully saturated rings. The molecule has 0 saturated carbocycles. The van der Waals surface area contributed by atoms with E-state index in [-0.39, 0.29) is 13.1 Å². The van der Waals surface area contributed by atoms with Crippen LogP contribution >= 0.6 is 0 Å². The summed E-state index contributed by atoms with van der Waals surface area (Å²) in [5, 5.41) is 25.4. The van der Waals surface area contributed by atoms with E-state index in [1.165, 1.54) is 0 Å². The summed E-state index contributed by atoms with van der Waals surface area (Å²) in [6.45, 7) is 1.41. The molecule has 0 spiro atoms. The Morgan fingerprint density at radius 2 is 1.79 bits per heavy atom. The first-order chi connectivity index (χ1) is 6.71. The van der Waals surface area contributed by atoms with Crippen molar-refractivity contribution in [2.24, 2.45) is 5.92 Å². The number of nitrogens with zero attached hydrogens (tertiary/aromatic N) is 4. The minimum absolute atomic E-state index is 0.148. The molecule has 0 radical (unpaired) electrons. The van der Waals surface area contributed by atoms with Gasteiger partial charge in [0.05, 0.1) is 18.2 Å². The zero-order chi connectivity index (χ0) is 11.0. The van der Waals surface area contributed by atoms with Gasteiger partial charge in [0.25, 0.3) is 0 Å². The summed E-state index contributed by atoms with van der Waals surface area (Å²) in [6.07, 6.45) is 0.392. The van der Waals surface area contributed by atoms with Crippen molar-refractivity contribution in [2.75, 3.05) is 13.1 Å². The molecule has 5 nitrogen and oxygen atoms in total. The van der Waals surface area contributed by atoms with Gasteiger partial charge in [-0.15, -0.1) is 0 Å². The summed E-state index contributed by atoms with van der Waals surface area (Å²) in [5.41, 5.74) is 0. The summed E-state index contributed by atoms with van der Waals surface area (Å²) < 4.78 is 0. The van der Waals surface area contributed by atoms with Crippen LogP contribution in [0.1, 0.15) is 13.3 Å². The van der Waals surface area contributed by atoms with Crippen molar-refractivity contribution < 1.29 is 4.79 Å². The van der Waals surface area contributed by atoms with Gasteiger partial charge in [-0.3, -0.25) is 4.79 Å². The Morgan fingerprint density at radius 1 is 1.29 bits per heavy atom. The predicted molar refractivity (Wildman–Crippen MR) is 47.2 cm³/mol. The molecule has 72 valence electrons. The van der Waals surface area contributed by atoms with E-state index in [1.807, 2.05) is 6.07 Å². The number of carbonyl (C=O) groups excluding carboxylic acids is 1. The first kappa shape index (κ1) is 11.9. The molecular weight excluding hydrogens is 180 g/mol. The molecule has 0 N–H and O–H groups in total. The molecular formula is C9H10N4O. The Kier molecular flexibility index (Phi) is 5.51. The van der Waals surface area contributed by atoms with Crippen molar-refractivity contribution in [1.82, 2.24) is 4.90 Å². The Labute approximate surface area is 82.8 Å². The van der Waals surface area contributed by atoms with Crippen LogP contribution in [0.15, 0.2) is 0 Å². The van der Waals surface area contributed by atoms with E-state index in [0.29, 0.717) is 6.42 Å². The summed E-state index contributed by atoms with van der Waals surface area (Å²) in [4.78, 5) is 12.6. The van der Waals surface area contributed by atoms with Gasteiger partial charge in [0, 0.05) is 0 Å². The van der Waals surface area contributed by atoms with Crippen molar-refractivity contribution in [3.8, 4) is 18.2 Å². The fraction of sp³-hybridized carbons (Fsp3) is 0.556. The number of rotatable bonds is 4. The van der Waals surface area contributed by atoms with Gasteiger partial charge in [-0.25, -0.2) is 0 Å². The lowest BCUT2D eigenvalue weighted by Gasteiger charge is -2.17. The van der Waals surface area contributed by atoms with Gasteiger partial charge in [0.1, 0.15) is 19.0 Å². The number of hydrogen-bond acceptors (Lipinski definition) is 4. The molecule has 0 aliphatic rings. The Hall–Kier alpha value is -2.06. The van der Waals surface area contributed by atoms with Crippen LogP contribution in [-0.2, 0) is 4.79 Å². The smallest absolute Gasteiger partial charge is 0.241 e. The number of amides is 1. The lowest BCUT2D eigenvalue weighted by atomic mass is 10.1. The third-order valence-electron chi connectivity index (χ3n) is 1.70. The standard InChI is InChI=1S/C9H10N4O/c1-2-8(7-12)9(14)13(5-3-10)6-4-11/h8H,2,5-6H2,1H3. The fourth-order valence-corrected chi connectivity index (χ4v) is 0.924. The average Bonchev–Trinajstić information content (AvgIpc) is 2.19. The summed E-state index contributed by atoms with van der Waals surface area (Å²) in [5.74, 6) is -1.20. The van der Waals surface area contributed by atoms with Crippen LogP contribution in [0.5, 0.6) is 0 Å². The maximum atomic E-state index is 11.5. The molecule has 0 aliphatic heterocycles. The van der Waals surface area contributed by atoms with Gasteiger partial charge in [-0.2, -0.15) is 15.8 Å². The molecule has 14 heavy (non-hydrogen) atoms. The third kappa shape index (κ3) is 3.13. The lowest BCUT2D eigenvalue weighted by Crippen LogP contribution is -2.36. The molecule has 1 unspecified atom stereocenters. The highest BCUT2D eigenvalue weighted by Gasteiger charge is 2.21. The zero-order valence-electron chi connectivity index (χ0n) is 7.90. The minimum atomic E-state index is -0.753. The zero-order valence-corrected chi connectivity index (χ0v) is 7.90. The van der Waals surface area contributed by atoms with Crippen LogP contribution in [0.3, 0.4) is 0 Å². The molecule has 1 amide bonds. The molecule has 1 atom stereocenters. The van der Waals surface area contributed by atoms with E-state index in [1.54, 1.807) is 19.1 Å². The average molecular weight is 190 g/mol. The minimum Gasteiger partial charge on any atom is -0.315 e. The summed E-state index contributed by atoms with van der Waals surface area (Å²) in [6, 6.07) is 5.40. The lowest BCUT2D eigenvalue weighted by molar-refractivity contribution is -0.132. The highest BCUT2D eigenvalue weighted by atomic mass is 16.2. The first-order valence-corrected chi connectivity index (χ1v) is 4.13. The second kappa shape index (κ2) is 6.46. The number of hydrogen-bond donors (Lipinski definition) is 0. The molecule has 0 bridgehead atoms.